The summed E-state index contributed by atoms with van der Waals surface area (Å²) in [5.74, 6) is -0.289. The van der Waals surface area contributed by atoms with Crippen LogP contribution in [0.25, 0.3) is 11.3 Å². The molecule has 0 unspecified atom stereocenters. The first-order valence-corrected chi connectivity index (χ1v) is 8.45. The lowest BCUT2D eigenvalue weighted by atomic mass is 10.0. The summed E-state index contributed by atoms with van der Waals surface area (Å²) >= 11 is 0. The van der Waals surface area contributed by atoms with Gasteiger partial charge in [0.05, 0.1) is 5.69 Å². The first-order valence-electron chi connectivity index (χ1n) is 8.45. The molecule has 2 aromatic carbocycles. The van der Waals surface area contributed by atoms with Crippen molar-refractivity contribution in [3.05, 3.63) is 81.6 Å². The fourth-order valence-corrected chi connectivity index (χ4v) is 2.87. The van der Waals surface area contributed by atoms with Crippen LogP contribution in [0.2, 0.25) is 0 Å². The molecule has 5 heteroatoms. The molecule has 0 saturated heterocycles. The van der Waals surface area contributed by atoms with Crippen LogP contribution in [0.1, 0.15) is 16.7 Å². The second-order valence-corrected chi connectivity index (χ2v) is 6.45. The Bertz CT molecular complexity index is 1020. The molecule has 3 aromatic rings. The average molecular weight is 347 g/mol. The molecule has 0 aliphatic heterocycles. The van der Waals surface area contributed by atoms with Crippen LogP contribution in [0, 0.1) is 20.8 Å². The molecule has 26 heavy (non-hydrogen) atoms. The van der Waals surface area contributed by atoms with Crippen molar-refractivity contribution in [1.82, 2.24) is 9.78 Å². The van der Waals surface area contributed by atoms with Gasteiger partial charge in [0, 0.05) is 17.3 Å². The molecule has 0 bridgehead atoms. The minimum absolute atomic E-state index is 0.133. The number of anilines is 1. The van der Waals surface area contributed by atoms with E-state index in [0.717, 1.165) is 22.3 Å². The number of amides is 1. The van der Waals surface area contributed by atoms with Crippen LogP contribution < -0.4 is 10.9 Å². The first kappa shape index (κ1) is 17.6. The van der Waals surface area contributed by atoms with Crippen LogP contribution in [-0.4, -0.2) is 15.7 Å². The van der Waals surface area contributed by atoms with Crippen LogP contribution in [0.3, 0.4) is 0 Å². The van der Waals surface area contributed by atoms with Crippen LogP contribution in [0.5, 0.6) is 0 Å². The monoisotopic (exact) mass is 347 g/mol. The molecule has 0 atom stereocenters. The van der Waals surface area contributed by atoms with Crippen molar-refractivity contribution < 1.29 is 4.79 Å². The molecule has 132 valence electrons. The van der Waals surface area contributed by atoms with E-state index in [9.17, 15) is 9.59 Å². The van der Waals surface area contributed by atoms with Gasteiger partial charge in [-0.15, -0.1) is 0 Å². The third kappa shape index (κ3) is 4.06. The zero-order valence-corrected chi connectivity index (χ0v) is 15.1. The van der Waals surface area contributed by atoms with Gasteiger partial charge in [0.25, 0.3) is 5.56 Å². The minimum Gasteiger partial charge on any atom is -0.324 e. The van der Waals surface area contributed by atoms with E-state index >= 15 is 0 Å². The Labute approximate surface area is 152 Å². The number of aromatic nitrogens is 2. The highest BCUT2D eigenvalue weighted by molar-refractivity contribution is 5.90. The highest BCUT2D eigenvalue weighted by Crippen LogP contribution is 2.21. The molecular formula is C21H21N3O2. The second-order valence-electron chi connectivity index (χ2n) is 6.45. The van der Waals surface area contributed by atoms with Crippen molar-refractivity contribution in [2.75, 3.05) is 5.32 Å². The summed E-state index contributed by atoms with van der Waals surface area (Å²) in [5, 5.41) is 7.17. The predicted molar refractivity (Wildman–Crippen MR) is 103 cm³/mol. The summed E-state index contributed by atoms with van der Waals surface area (Å²) in [6.45, 7) is 5.85. The van der Waals surface area contributed by atoms with Gasteiger partial charge in [0.15, 0.2) is 0 Å². The zero-order valence-electron chi connectivity index (χ0n) is 15.1. The van der Waals surface area contributed by atoms with Crippen molar-refractivity contribution in [3.8, 4) is 11.3 Å². The van der Waals surface area contributed by atoms with Gasteiger partial charge in [-0.25, -0.2) is 4.68 Å². The van der Waals surface area contributed by atoms with Gasteiger partial charge in [-0.05, 0) is 50.1 Å². The highest BCUT2D eigenvalue weighted by atomic mass is 16.2. The molecular weight excluding hydrogens is 326 g/mol. The summed E-state index contributed by atoms with van der Waals surface area (Å²) in [4.78, 5) is 24.4. The van der Waals surface area contributed by atoms with Crippen LogP contribution in [0.15, 0.2) is 59.4 Å². The molecule has 1 N–H and O–H groups in total. The SMILES string of the molecule is Cc1cccc(NC(=O)Cn2nc(-c3ccc(C)cc3C)ccc2=O)c1. The van der Waals surface area contributed by atoms with Gasteiger partial charge in [-0.3, -0.25) is 9.59 Å². The lowest BCUT2D eigenvalue weighted by Crippen LogP contribution is -2.29. The van der Waals surface area contributed by atoms with E-state index in [-0.39, 0.29) is 18.0 Å². The molecule has 0 fully saturated rings. The Morgan fingerprint density at radius 1 is 1.00 bits per heavy atom. The number of nitrogens with one attached hydrogen (secondary N) is 1. The Morgan fingerprint density at radius 3 is 2.50 bits per heavy atom. The molecule has 3 rings (SSSR count). The number of benzene rings is 2. The predicted octanol–water partition coefficient (Wildman–Crippen LogP) is 3.47. The molecule has 5 nitrogen and oxygen atoms in total. The van der Waals surface area contributed by atoms with Gasteiger partial charge >= 0.3 is 0 Å². The standard InChI is InChI=1S/C21H21N3O2/c1-14-5-4-6-17(12-14)22-20(25)13-24-21(26)10-9-19(23-24)18-8-7-15(2)11-16(18)3/h4-12H,13H2,1-3H3,(H,22,25). The summed E-state index contributed by atoms with van der Waals surface area (Å²) in [5.41, 5.74) is 5.30. The maximum Gasteiger partial charge on any atom is 0.267 e. The summed E-state index contributed by atoms with van der Waals surface area (Å²) in [7, 11) is 0. The molecule has 1 aromatic heterocycles. The maximum absolute atomic E-state index is 12.3. The average Bonchev–Trinajstić information content (AvgIpc) is 2.57. The van der Waals surface area contributed by atoms with Gasteiger partial charge in [0.2, 0.25) is 5.91 Å². The van der Waals surface area contributed by atoms with E-state index in [1.165, 1.54) is 10.7 Å². The van der Waals surface area contributed by atoms with Crippen molar-refractivity contribution >= 4 is 11.6 Å². The van der Waals surface area contributed by atoms with Gasteiger partial charge in [-0.1, -0.05) is 35.9 Å². The molecule has 0 saturated carbocycles. The normalized spacial score (nSPS) is 10.6. The van der Waals surface area contributed by atoms with E-state index in [4.69, 9.17) is 0 Å². The number of hydrogen-bond donors (Lipinski definition) is 1. The van der Waals surface area contributed by atoms with E-state index in [2.05, 4.69) is 16.5 Å². The van der Waals surface area contributed by atoms with Crippen LogP contribution in [0.4, 0.5) is 5.69 Å². The lowest BCUT2D eigenvalue weighted by Gasteiger charge is -2.10. The summed E-state index contributed by atoms with van der Waals surface area (Å²) in [6.07, 6.45) is 0. The first-order chi connectivity index (χ1) is 12.4. The second kappa shape index (κ2) is 7.35. The Hall–Kier alpha value is -3.21. The number of carbonyl (C=O) groups excluding carboxylic acids is 1. The molecule has 0 aliphatic rings. The Balaban J connectivity index is 1.84. The smallest absolute Gasteiger partial charge is 0.267 e. The van der Waals surface area contributed by atoms with Gasteiger partial charge in [-0.2, -0.15) is 5.10 Å². The van der Waals surface area contributed by atoms with E-state index < -0.39 is 0 Å². The van der Waals surface area contributed by atoms with Gasteiger partial charge in [0.1, 0.15) is 6.54 Å². The van der Waals surface area contributed by atoms with Gasteiger partial charge < -0.3 is 5.32 Å². The quantitative estimate of drug-likeness (QED) is 0.786. The van der Waals surface area contributed by atoms with E-state index in [0.29, 0.717) is 11.4 Å². The molecule has 1 heterocycles. The summed E-state index contributed by atoms with van der Waals surface area (Å²) < 4.78 is 1.19. The molecule has 0 spiro atoms. The summed E-state index contributed by atoms with van der Waals surface area (Å²) in [6, 6.07) is 16.7. The molecule has 0 aliphatic carbocycles. The largest absolute Gasteiger partial charge is 0.324 e. The third-order valence-electron chi connectivity index (χ3n) is 4.12. The van der Waals surface area contributed by atoms with Crippen molar-refractivity contribution in [1.29, 1.82) is 0 Å². The number of carbonyl (C=O) groups is 1. The van der Waals surface area contributed by atoms with Crippen LogP contribution >= 0.6 is 0 Å². The van der Waals surface area contributed by atoms with E-state index in [1.54, 1.807) is 6.07 Å². The van der Waals surface area contributed by atoms with Crippen molar-refractivity contribution in [2.45, 2.75) is 27.3 Å². The number of nitrogens with zero attached hydrogens (tertiary/aromatic N) is 2. The van der Waals surface area contributed by atoms with Crippen molar-refractivity contribution in [3.63, 3.8) is 0 Å². The van der Waals surface area contributed by atoms with Crippen molar-refractivity contribution in [2.24, 2.45) is 0 Å². The highest BCUT2D eigenvalue weighted by Gasteiger charge is 2.10. The fraction of sp³-hybridized carbons (Fsp3) is 0.190. The zero-order chi connectivity index (χ0) is 18.7. The number of rotatable bonds is 4. The minimum atomic E-state index is -0.307. The third-order valence-corrected chi connectivity index (χ3v) is 4.12. The Morgan fingerprint density at radius 2 is 1.77 bits per heavy atom. The number of aryl methyl sites for hydroxylation is 3. The fourth-order valence-electron chi connectivity index (χ4n) is 2.87. The Kier molecular flexibility index (Phi) is 4.98. The molecule has 0 radical (unpaired) electrons. The number of hydrogen-bond acceptors (Lipinski definition) is 3. The van der Waals surface area contributed by atoms with Crippen LogP contribution in [-0.2, 0) is 11.3 Å². The van der Waals surface area contributed by atoms with E-state index in [1.807, 2.05) is 57.2 Å². The maximum atomic E-state index is 12.3. The lowest BCUT2D eigenvalue weighted by molar-refractivity contribution is -0.117. The molecule has 1 amide bonds. The topological polar surface area (TPSA) is 64.0 Å².